The third-order valence-electron chi connectivity index (χ3n) is 16.8. The van der Waals surface area contributed by atoms with Crippen LogP contribution in [0.2, 0.25) is 0 Å². The summed E-state index contributed by atoms with van der Waals surface area (Å²) in [6.07, 6.45) is 6.56. The monoisotopic (exact) mass is 1310 g/mol. The second-order valence-corrected chi connectivity index (χ2v) is 25.8. The Balaban J connectivity index is 0.939. The molecule has 2 aromatic rings. The number of nitrogens with zero attached hydrogens (tertiary/aromatic N) is 2. The Kier molecular flexibility index (Phi) is 35.6. The Morgan fingerprint density at radius 3 is 1.34 bits per heavy atom. The van der Waals surface area contributed by atoms with Crippen molar-refractivity contribution in [2.24, 2.45) is 29.6 Å². The maximum absolute atomic E-state index is 13.8. The van der Waals surface area contributed by atoms with Gasteiger partial charge in [0.05, 0.1) is 51.7 Å². The SMILES string of the molecule is CC(=O)C(NC(=O)C1CCCN1C(=O)[C@@H](CC(=O)c1ccc(C(=O)NCCOCCOCCCC(=O)CCCCCNC(=O)NCCOCCOCCCC(=O)c2ccc(C(=O)N[C@H](C(=O)N3CCCC3C(=O)NC(C(C)=O)C(C)C)C(C)C)cc2)cc1)C(C)C)C(C)C. The van der Waals surface area contributed by atoms with Gasteiger partial charge in [-0.1, -0.05) is 86.1 Å². The van der Waals surface area contributed by atoms with Crippen molar-refractivity contribution in [1.29, 1.82) is 0 Å². The molecule has 6 N–H and O–H groups in total. The van der Waals surface area contributed by atoms with Crippen LogP contribution in [-0.2, 0) is 52.5 Å². The lowest BCUT2D eigenvalue weighted by Gasteiger charge is -2.31. The van der Waals surface area contributed by atoms with Gasteiger partial charge in [0.1, 0.15) is 23.9 Å². The number of benzene rings is 2. The summed E-state index contributed by atoms with van der Waals surface area (Å²) < 4.78 is 22.3. The third-order valence-corrected chi connectivity index (χ3v) is 16.8. The zero-order valence-electron chi connectivity index (χ0n) is 57.2. The van der Waals surface area contributed by atoms with Gasteiger partial charge in [-0.05, 0) is 113 Å². The molecule has 4 rings (SSSR count). The molecule has 24 heteroatoms. The molecule has 0 saturated carbocycles. The average Bonchev–Trinajstić information content (AvgIpc) is 1.59. The number of nitrogens with one attached hydrogen (secondary N) is 6. The molecule has 2 fully saturated rings. The number of hydrogen-bond donors (Lipinski definition) is 6. The van der Waals surface area contributed by atoms with Gasteiger partial charge in [0.2, 0.25) is 23.6 Å². The summed E-state index contributed by atoms with van der Waals surface area (Å²) in [4.78, 5) is 158. The first-order valence-corrected chi connectivity index (χ1v) is 33.7. The summed E-state index contributed by atoms with van der Waals surface area (Å²) in [6, 6.07) is 8.55. The number of Topliss-reactive ketones (excluding diaryl/α,β-unsaturated/α-hetero) is 5. The Morgan fingerprint density at radius 1 is 0.426 bits per heavy atom. The van der Waals surface area contributed by atoms with E-state index in [0.29, 0.717) is 134 Å². The lowest BCUT2D eigenvalue weighted by atomic mass is 9.87. The van der Waals surface area contributed by atoms with Crippen LogP contribution in [0.15, 0.2) is 48.5 Å². The second kappa shape index (κ2) is 42.2. The molecule has 2 aliphatic rings. The lowest BCUT2D eigenvalue weighted by Crippen LogP contribution is -2.57. The molecule has 4 unspecified atom stereocenters. The van der Waals surface area contributed by atoms with Crippen LogP contribution in [0.1, 0.15) is 194 Å². The summed E-state index contributed by atoms with van der Waals surface area (Å²) in [7, 11) is 0. The number of amides is 8. The van der Waals surface area contributed by atoms with Gasteiger partial charge < -0.3 is 60.6 Å². The lowest BCUT2D eigenvalue weighted by molar-refractivity contribution is -0.143. The topological polar surface area (TPSA) is 320 Å². The van der Waals surface area contributed by atoms with Crippen molar-refractivity contribution in [3.63, 3.8) is 0 Å². The Hall–Kier alpha value is -7.28. The molecule has 0 bridgehead atoms. The number of ether oxygens (including phenoxy) is 4. The molecule has 2 aromatic carbocycles. The van der Waals surface area contributed by atoms with Crippen LogP contribution < -0.4 is 31.9 Å². The first-order valence-electron chi connectivity index (χ1n) is 33.7. The van der Waals surface area contributed by atoms with Crippen molar-refractivity contribution in [1.82, 2.24) is 41.7 Å². The van der Waals surface area contributed by atoms with Gasteiger partial charge in [-0.15, -0.1) is 0 Å². The third kappa shape index (κ3) is 27.2. The van der Waals surface area contributed by atoms with Crippen LogP contribution >= 0.6 is 0 Å². The molecule has 8 amide bonds. The molecule has 0 spiro atoms. The van der Waals surface area contributed by atoms with Gasteiger partial charge in [0.25, 0.3) is 11.8 Å². The average molecular weight is 1320 g/mol. The Labute approximate surface area is 555 Å². The molecule has 0 aliphatic carbocycles. The molecule has 6 atom stereocenters. The van der Waals surface area contributed by atoms with Crippen LogP contribution in [0.4, 0.5) is 4.79 Å². The molecule has 522 valence electrons. The van der Waals surface area contributed by atoms with E-state index < -0.39 is 42.0 Å². The summed E-state index contributed by atoms with van der Waals surface area (Å²) in [5.74, 6) is -4.01. The van der Waals surface area contributed by atoms with Crippen LogP contribution in [0.3, 0.4) is 0 Å². The number of carbonyl (C=O) groups excluding carboxylic acids is 12. The van der Waals surface area contributed by atoms with Crippen molar-refractivity contribution in [3.8, 4) is 0 Å². The quantitative estimate of drug-likeness (QED) is 0.0309. The smallest absolute Gasteiger partial charge is 0.314 e. The highest BCUT2D eigenvalue weighted by Gasteiger charge is 2.42. The number of unbranched alkanes of at least 4 members (excludes halogenated alkanes) is 2. The van der Waals surface area contributed by atoms with Crippen LogP contribution in [0.5, 0.6) is 0 Å². The van der Waals surface area contributed by atoms with E-state index in [1.54, 1.807) is 53.4 Å². The fraction of sp³-hybridized carbons (Fsp3) is 0.657. The predicted molar refractivity (Wildman–Crippen MR) is 354 cm³/mol. The summed E-state index contributed by atoms with van der Waals surface area (Å²) in [6.45, 7) is 22.0. The normalized spacial score (nSPS) is 15.9. The number of ketones is 5. The first-order chi connectivity index (χ1) is 44.8. The molecule has 0 radical (unpaired) electrons. The van der Waals surface area contributed by atoms with Gasteiger partial charge in [-0.25, -0.2) is 4.79 Å². The first kappa shape index (κ1) is 79.2. The Morgan fingerprint density at radius 2 is 0.851 bits per heavy atom. The number of hydrogen-bond acceptors (Lipinski definition) is 16. The standard InChI is InChI=1S/C70H106N8O16/c1-45(2)56(68(88)77-34-14-20-57(77)66(86)74-61(46(3)4)49(9)79)44-60(83)52-25-27-53(28-26-52)64(84)71-32-38-93-42-40-91-36-16-19-55(81)18-12-11-13-31-72-70(90)73-33-39-94-43-41-92-37-17-22-59(82)51-23-29-54(30-24-51)65(85)76-63(48(7)8)69(89)78-35-15-21-58(78)67(87)75-62(47(5)6)50(10)80/h23-30,45-48,56-58,61-63H,11-22,31-44H2,1-10H3,(H,71,84)(H,74,86)(H,75,87)(H,76,85)(H2,72,73,90)/t56-,57?,58?,61?,62?,63-/m0/s1. The fourth-order valence-electron chi connectivity index (χ4n) is 11.3. The summed E-state index contributed by atoms with van der Waals surface area (Å²) >= 11 is 0. The van der Waals surface area contributed by atoms with Gasteiger partial charge in [0, 0.05) is 99.8 Å². The summed E-state index contributed by atoms with van der Waals surface area (Å²) in [5.41, 5.74) is 1.45. The number of likely N-dealkylation sites (tertiary alicyclic amines) is 2. The zero-order valence-corrected chi connectivity index (χ0v) is 57.2. The zero-order chi connectivity index (χ0) is 69.3. The maximum Gasteiger partial charge on any atom is 0.314 e. The van der Waals surface area contributed by atoms with Gasteiger partial charge in [-0.3, -0.25) is 52.7 Å². The molecule has 94 heavy (non-hydrogen) atoms. The minimum absolute atomic E-state index is 0.0540. The van der Waals surface area contributed by atoms with Crippen molar-refractivity contribution < 1.29 is 76.5 Å². The van der Waals surface area contributed by atoms with Crippen LogP contribution in [0, 0.1) is 29.6 Å². The molecule has 2 heterocycles. The van der Waals surface area contributed by atoms with E-state index in [2.05, 4.69) is 31.9 Å². The van der Waals surface area contributed by atoms with E-state index in [-0.39, 0.29) is 126 Å². The van der Waals surface area contributed by atoms with E-state index >= 15 is 0 Å². The number of rotatable bonds is 45. The number of carbonyl (C=O) groups is 12. The molecule has 2 saturated heterocycles. The van der Waals surface area contributed by atoms with Crippen molar-refractivity contribution in [3.05, 3.63) is 70.8 Å². The van der Waals surface area contributed by atoms with Crippen molar-refractivity contribution in [2.45, 2.75) is 183 Å². The minimum atomic E-state index is -0.895. The van der Waals surface area contributed by atoms with Crippen molar-refractivity contribution in [2.75, 3.05) is 85.6 Å². The highest BCUT2D eigenvalue weighted by atomic mass is 16.5. The molecular weight excluding hydrogens is 1210 g/mol. The van der Waals surface area contributed by atoms with Crippen molar-refractivity contribution >= 4 is 70.4 Å². The van der Waals surface area contributed by atoms with Gasteiger partial charge in [-0.2, -0.15) is 0 Å². The molecule has 24 nitrogen and oxygen atoms in total. The maximum atomic E-state index is 13.8. The Bertz CT molecular complexity index is 2620. The van der Waals surface area contributed by atoms with Crippen LogP contribution in [0.25, 0.3) is 0 Å². The molecular formula is C70H106N8O16. The largest absolute Gasteiger partial charge is 0.379 e. The predicted octanol–water partition coefficient (Wildman–Crippen LogP) is 6.40. The van der Waals surface area contributed by atoms with E-state index in [4.69, 9.17) is 18.9 Å². The fourth-order valence-corrected chi connectivity index (χ4v) is 11.3. The summed E-state index contributed by atoms with van der Waals surface area (Å²) in [5, 5.41) is 16.8. The highest BCUT2D eigenvalue weighted by Crippen LogP contribution is 2.28. The van der Waals surface area contributed by atoms with Crippen LogP contribution in [-0.4, -0.2) is 196 Å². The van der Waals surface area contributed by atoms with Gasteiger partial charge >= 0.3 is 6.03 Å². The van der Waals surface area contributed by atoms with Gasteiger partial charge in [0.15, 0.2) is 23.1 Å². The van der Waals surface area contributed by atoms with E-state index in [1.807, 2.05) is 55.4 Å². The molecule has 2 aliphatic heterocycles. The highest BCUT2D eigenvalue weighted by molar-refractivity contribution is 6.02. The van der Waals surface area contributed by atoms with E-state index in [1.165, 1.54) is 18.7 Å². The second-order valence-electron chi connectivity index (χ2n) is 25.8. The number of urea groups is 1. The minimum Gasteiger partial charge on any atom is -0.379 e. The van der Waals surface area contributed by atoms with E-state index in [9.17, 15) is 57.5 Å². The molecule has 0 aromatic heterocycles. The van der Waals surface area contributed by atoms with E-state index in [0.717, 1.165) is 19.3 Å².